The highest BCUT2D eigenvalue weighted by molar-refractivity contribution is 5.40. The second kappa shape index (κ2) is 4.81. The molecule has 0 spiro atoms. The van der Waals surface area contributed by atoms with Gasteiger partial charge in [-0.3, -0.25) is 0 Å². The van der Waals surface area contributed by atoms with Crippen molar-refractivity contribution >= 4 is 0 Å². The monoisotopic (exact) mass is 249 g/mol. The van der Waals surface area contributed by atoms with E-state index in [-0.39, 0.29) is 17.5 Å². The predicted octanol–water partition coefficient (Wildman–Crippen LogP) is 3.18. The van der Waals surface area contributed by atoms with Crippen molar-refractivity contribution in [3.8, 4) is 11.5 Å². The van der Waals surface area contributed by atoms with Gasteiger partial charge in [0.2, 0.25) is 0 Å². The summed E-state index contributed by atoms with van der Waals surface area (Å²) in [5, 5.41) is 22.8. The molecule has 0 aromatic heterocycles. The van der Waals surface area contributed by atoms with E-state index in [1.165, 1.54) is 25.0 Å². The smallest absolute Gasteiger partial charge is 0.120 e. The second-order valence-corrected chi connectivity index (χ2v) is 5.86. The van der Waals surface area contributed by atoms with Crippen LogP contribution in [0.2, 0.25) is 0 Å². The van der Waals surface area contributed by atoms with Gasteiger partial charge < -0.3 is 15.5 Å². The van der Waals surface area contributed by atoms with Gasteiger partial charge in [-0.1, -0.05) is 13.8 Å². The van der Waals surface area contributed by atoms with E-state index in [0.717, 1.165) is 12.1 Å². The Morgan fingerprint density at radius 2 is 1.89 bits per heavy atom. The maximum atomic E-state index is 9.81. The van der Waals surface area contributed by atoms with Crippen LogP contribution in [0.1, 0.15) is 45.2 Å². The quantitative estimate of drug-likeness (QED) is 0.702. The van der Waals surface area contributed by atoms with Gasteiger partial charge in [0.1, 0.15) is 11.5 Å². The molecule has 2 rings (SSSR count). The van der Waals surface area contributed by atoms with Crippen LogP contribution in [-0.2, 0) is 0 Å². The zero-order chi connectivity index (χ0) is 13.3. The highest BCUT2D eigenvalue weighted by Gasteiger charge is 2.44. The third-order valence-corrected chi connectivity index (χ3v) is 4.35. The molecular weight excluding hydrogens is 226 g/mol. The molecule has 1 aliphatic rings. The van der Waals surface area contributed by atoms with E-state index in [9.17, 15) is 10.2 Å². The Bertz CT molecular complexity index is 425. The Hall–Kier alpha value is -1.22. The summed E-state index contributed by atoms with van der Waals surface area (Å²) in [5.41, 5.74) is 1.20. The Balaban J connectivity index is 2.00. The molecule has 3 N–H and O–H groups in total. The van der Waals surface area contributed by atoms with E-state index in [1.807, 2.05) is 6.92 Å². The van der Waals surface area contributed by atoms with E-state index in [1.54, 1.807) is 6.07 Å². The first-order chi connectivity index (χ1) is 8.44. The second-order valence-electron chi connectivity index (χ2n) is 5.86. The van der Waals surface area contributed by atoms with Crippen molar-refractivity contribution in [2.24, 2.45) is 11.3 Å². The Kier molecular flexibility index (Phi) is 3.53. The first-order valence-electron chi connectivity index (χ1n) is 6.70. The standard InChI is InChI=1S/C15H23NO2/c1-10(2)15(6-7-15)9-16-11(3)13-8-12(17)4-5-14(13)18/h4-5,8,10-11,16-18H,6-7,9H2,1-3H3. The lowest BCUT2D eigenvalue weighted by Gasteiger charge is -2.23. The molecule has 18 heavy (non-hydrogen) atoms. The molecule has 0 aliphatic heterocycles. The number of rotatable bonds is 5. The van der Waals surface area contributed by atoms with Crippen molar-refractivity contribution in [3.63, 3.8) is 0 Å². The van der Waals surface area contributed by atoms with Gasteiger partial charge in [0.15, 0.2) is 0 Å². The summed E-state index contributed by atoms with van der Waals surface area (Å²) >= 11 is 0. The average molecular weight is 249 g/mol. The Morgan fingerprint density at radius 1 is 1.22 bits per heavy atom. The Morgan fingerprint density at radius 3 is 2.44 bits per heavy atom. The van der Waals surface area contributed by atoms with E-state index < -0.39 is 0 Å². The van der Waals surface area contributed by atoms with Crippen molar-refractivity contribution in [2.45, 2.75) is 39.7 Å². The highest BCUT2D eigenvalue weighted by atomic mass is 16.3. The molecule has 1 aliphatic carbocycles. The Labute approximate surface area is 109 Å². The van der Waals surface area contributed by atoms with Crippen LogP contribution in [0.25, 0.3) is 0 Å². The van der Waals surface area contributed by atoms with E-state index in [0.29, 0.717) is 11.3 Å². The number of hydrogen-bond donors (Lipinski definition) is 3. The minimum atomic E-state index is 0.0494. The summed E-state index contributed by atoms with van der Waals surface area (Å²) in [4.78, 5) is 0. The number of benzene rings is 1. The summed E-state index contributed by atoms with van der Waals surface area (Å²) in [6, 6.07) is 4.72. The molecule has 3 heteroatoms. The van der Waals surface area contributed by atoms with E-state index in [4.69, 9.17) is 0 Å². The van der Waals surface area contributed by atoms with Crippen LogP contribution in [0.3, 0.4) is 0 Å². The van der Waals surface area contributed by atoms with Gasteiger partial charge in [0.05, 0.1) is 0 Å². The summed E-state index contributed by atoms with van der Waals surface area (Å²) in [6.07, 6.45) is 2.58. The first-order valence-corrected chi connectivity index (χ1v) is 6.70. The minimum Gasteiger partial charge on any atom is -0.508 e. The van der Waals surface area contributed by atoms with Crippen LogP contribution in [-0.4, -0.2) is 16.8 Å². The average Bonchev–Trinajstić information content (AvgIpc) is 3.10. The van der Waals surface area contributed by atoms with Gasteiger partial charge in [0, 0.05) is 18.2 Å². The lowest BCUT2D eigenvalue weighted by molar-refractivity contribution is 0.322. The van der Waals surface area contributed by atoms with Gasteiger partial charge in [-0.2, -0.15) is 0 Å². The molecule has 1 unspecified atom stereocenters. The van der Waals surface area contributed by atoms with Gasteiger partial charge in [-0.05, 0) is 49.3 Å². The van der Waals surface area contributed by atoms with Crippen molar-refractivity contribution in [1.29, 1.82) is 0 Å². The fourth-order valence-electron chi connectivity index (χ4n) is 2.47. The summed E-state index contributed by atoms with van der Waals surface area (Å²) in [6.45, 7) is 7.53. The first kappa shape index (κ1) is 13.2. The molecule has 100 valence electrons. The van der Waals surface area contributed by atoms with Crippen LogP contribution in [0, 0.1) is 11.3 Å². The molecule has 1 aromatic rings. The van der Waals surface area contributed by atoms with Crippen LogP contribution in [0.5, 0.6) is 11.5 Å². The molecule has 0 amide bonds. The number of hydrogen-bond acceptors (Lipinski definition) is 3. The third kappa shape index (κ3) is 2.61. The molecule has 3 nitrogen and oxygen atoms in total. The molecular formula is C15H23NO2. The van der Waals surface area contributed by atoms with Crippen LogP contribution < -0.4 is 5.32 Å². The fraction of sp³-hybridized carbons (Fsp3) is 0.600. The summed E-state index contributed by atoms with van der Waals surface area (Å²) < 4.78 is 0. The van der Waals surface area contributed by atoms with Gasteiger partial charge >= 0.3 is 0 Å². The van der Waals surface area contributed by atoms with E-state index in [2.05, 4.69) is 19.2 Å². The molecule has 1 fully saturated rings. The summed E-state index contributed by atoms with van der Waals surface area (Å²) in [7, 11) is 0. The number of nitrogens with one attached hydrogen (secondary N) is 1. The topological polar surface area (TPSA) is 52.5 Å². The maximum absolute atomic E-state index is 9.81. The molecule has 1 aromatic carbocycles. The molecule has 0 radical (unpaired) electrons. The molecule has 1 atom stereocenters. The van der Waals surface area contributed by atoms with Crippen LogP contribution >= 0.6 is 0 Å². The largest absolute Gasteiger partial charge is 0.508 e. The maximum Gasteiger partial charge on any atom is 0.120 e. The van der Waals surface area contributed by atoms with Crippen molar-refractivity contribution in [3.05, 3.63) is 23.8 Å². The summed E-state index contributed by atoms with van der Waals surface area (Å²) in [5.74, 6) is 1.12. The number of aromatic hydroxyl groups is 2. The van der Waals surface area contributed by atoms with Crippen LogP contribution in [0.15, 0.2) is 18.2 Å². The van der Waals surface area contributed by atoms with Gasteiger partial charge in [-0.15, -0.1) is 0 Å². The highest BCUT2D eigenvalue weighted by Crippen LogP contribution is 2.51. The predicted molar refractivity (Wildman–Crippen MR) is 72.7 cm³/mol. The molecule has 0 bridgehead atoms. The number of phenolic OH excluding ortho intramolecular Hbond substituents is 2. The fourth-order valence-corrected chi connectivity index (χ4v) is 2.47. The molecule has 0 heterocycles. The zero-order valence-electron chi connectivity index (χ0n) is 11.4. The molecule has 1 saturated carbocycles. The zero-order valence-corrected chi connectivity index (χ0v) is 11.4. The SMILES string of the molecule is CC(NCC1(C(C)C)CC1)c1cc(O)ccc1O. The minimum absolute atomic E-state index is 0.0494. The lowest BCUT2D eigenvalue weighted by Crippen LogP contribution is -2.29. The van der Waals surface area contributed by atoms with E-state index >= 15 is 0 Å². The van der Waals surface area contributed by atoms with Gasteiger partial charge in [0.25, 0.3) is 0 Å². The van der Waals surface area contributed by atoms with Gasteiger partial charge in [-0.25, -0.2) is 0 Å². The van der Waals surface area contributed by atoms with Crippen LogP contribution in [0.4, 0.5) is 0 Å². The normalized spacial score (nSPS) is 18.9. The van der Waals surface area contributed by atoms with Crippen molar-refractivity contribution in [1.82, 2.24) is 5.32 Å². The third-order valence-electron chi connectivity index (χ3n) is 4.35. The molecule has 0 saturated heterocycles. The van der Waals surface area contributed by atoms with Crippen molar-refractivity contribution in [2.75, 3.05) is 6.54 Å². The van der Waals surface area contributed by atoms with Crippen molar-refractivity contribution < 1.29 is 10.2 Å². The number of phenols is 2. The lowest BCUT2D eigenvalue weighted by atomic mass is 9.92.